The van der Waals surface area contributed by atoms with E-state index in [1.807, 2.05) is 0 Å². The molecule has 0 radical (unpaired) electrons. The zero-order valence-electron chi connectivity index (χ0n) is 37.1. The topological polar surface area (TPSA) is 54.0 Å². The van der Waals surface area contributed by atoms with Crippen molar-refractivity contribution in [2.75, 3.05) is 6.61 Å². The maximum atomic E-state index is 12.3. The number of rotatable bonds is 14. The van der Waals surface area contributed by atoms with Crippen LogP contribution in [-0.2, 0) is 22.8 Å². The van der Waals surface area contributed by atoms with Crippen LogP contribution in [0.5, 0.6) is 0 Å². The van der Waals surface area contributed by atoms with E-state index in [9.17, 15) is 4.79 Å². The molecule has 0 heterocycles. The van der Waals surface area contributed by atoms with Gasteiger partial charge in [-0.25, -0.2) is 0 Å². The van der Waals surface area contributed by atoms with Gasteiger partial charge in [0.2, 0.25) is 0 Å². The summed E-state index contributed by atoms with van der Waals surface area (Å²) >= 11 is 0. The summed E-state index contributed by atoms with van der Waals surface area (Å²) in [6.45, 7) is 44.1. The maximum Gasteiger partial charge on any atom is 0.302 e. The molecule has 3 fully saturated rings. The van der Waals surface area contributed by atoms with Crippen molar-refractivity contribution in [2.24, 2.45) is 23.2 Å². The first-order chi connectivity index (χ1) is 23.5. The first-order valence-corrected chi connectivity index (χ1v) is 30.0. The highest BCUT2D eigenvalue weighted by Crippen LogP contribution is 2.60. The molecular formula is C44H82O5Si3. The minimum absolute atomic E-state index is 0.00352. The van der Waals surface area contributed by atoms with Crippen LogP contribution in [-0.4, -0.2) is 55.3 Å². The molecule has 3 aliphatic carbocycles. The van der Waals surface area contributed by atoms with Gasteiger partial charge in [-0.3, -0.25) is 4.79 Å². The van der Waals surface area contributed by atoms with E-state index in [1.54, 1.807) is 6.92 Å². The Morgan fingerprint density at radius 1 is 0.923 bits per heavy atom. The van der Waals surface area contributed by atoms with Crippen LogP contribution in [0, 0.1) is 23.2 Å². The summed E-state index contributed by atoms with van der Waals surface area (Å²) in [6.07, 6.45) is 15.9. The van der Waals surface area contributed by atoms with Gasteiger partial charge < -0.3 is 18.0 Å². The molecule has 0 N–H and O–H groups in total. The summed E-state index contributed by atoms with van der Waals surface area (Å²) in [5, 5.41) is 0.262. The molecule has 8 heteroatoms. The second-order valence-electron chi connectivity index (χ2n) is 21.7. The Bertz CT molecular complexity index is 1310. The average molecular weight is 775 g/mol. The fourth-order valence-corrected chi connectivity index (χ4v) is 13.6. The Hall–Kier alpha value is -0.779. The van der Waals surface area contributed by atoms with E-state index < -0.39 is 25.0 Å². The van der Waals surface area contributed by atoms with E-state index in [2.05, 4.69) is 120 Å². The fraction of sp³-hybridized carbons (Fsp3) is 0.841. The molecule has 0 aliphatic heterocycles. The molecule has 0 bridgehead atoms. The Morgan fingerprint density at radius 2 is 1.52 bits per heavy atom. The van der Waals surface area contributed by atoms with Crippen LogP contribution in [0.4, 0.5) is 0 Å². The lowest BCUT2D eigenvalue weighted by Crippen LogP contribution is -2.49. The van der Waals surface area contributed by atoms with E-state index >= 15 is 0 Å². The molecule has 0 aromatic rings. The van der Waals surface area contributed by atoms with Crippen molar-refractivity contribution in [1.82, 2.24) is 0 Å². The molecule has 3 aliphatic rings. The summed E-state index contributed by atoms with van der Waals surface area (Å²) < 4.78 is 26.8. The first-order valence-electron chi connectivity index (χ1n) is 20.8. The van der Waals surface area contributed by atoms with E-state index in [0.29, 0.717) is 24.4 Å². The molecule has 0 aromatic carbocycles. The number of esters is 1. The Morgan fingerprint density at radius 3 is 2.08 bits per heavy atom. The lowest BCUT2D eigenvalue weighted by molar-refractivity contribution is -0.148. The molecule has 5 nitrogen and oxygen atoms in total. The average Bonchev–Trinajstić information content (AvgIpc) is 3.34. The van der Waals surface area contributed by atoms with E-state index in [4.69, 9.17) is 24.6 Å². The van der Waals surface area contributed by atoms with Crippen molar-refractivity contribution in [2.45, 2.75) is 207 Å². The summed E-state index contributed by atoms with van der Waals surface area (Å²) in [6, 6.07) is 0. The highest BCUT2D eigenvalue weighted by molar-refractivity contribution is 6.74. The van der Waals surface area contributed by atoms with Gasteiger partial charge in [-0.2, -0.15) is 0 Å². The fourth-order valence-electron chi connectivity index (χ4n) is 9.15. The van der Waals surface area contributed by atoms with Crippen LogP contribution < -0.4 is 0 Å². The highest BCUT2D eigenvalue weighted by Gasteiger charge is 2.54. The van der Waals surface area contributed by atoms with Gasteiger partial charge in [0.15, 0.2) is 25.0 Å². The smallest absolute Gasteiger partial charge is 0.302 e. The third-order valence-corrected chi connectivity index (χ3v) is 23.9. The zero-order valence-corrected chi connectivity index (χ0v) is 40.1. The molecule has 6 atom stereocenters. The van der Waals surface area contributed by atoms with E-state index in [-0.39, 0.29) is 39.3 Å². The SMILES string of the molecule is C=C1/C(=C\C=C2CCC[C@@]3(COC(C)=O)C2CC[C@@H]3[C@H](C)CCCC(C)(C)O[Si](C)(C)C)C[C@@H](O[Si](C)(C)C(C)(C)C)C[C@H]1O[Si](C)(C)C(C)(C)C. The van der Waals surface area contributed by atoms with Crippen LogP contribution in [0.3, 0.4) is 0 Å². The van der Waals surface area contributed by atoms with Crippen LogP contribution in [0.15, 0.2) is 35.5 Å². The Kier molecular flexibility index (Phi) is 14.7. The minimum Gasteiger partial charge on any atom is -0.465 e. The summed E-state index contributed by atoms with van der Waals surface area (Å²) in [4.78, 5) is 12.3. The van der Waals surface area contributed by atoms with Crippen LogP contribution >= 0.6 is 0 Å². The molecule has 0 saturated heterocycles. The molecule has 0 amide bonds. The standard InChI is InChI=1S/C44H82O5Si3/c1-32(21-19-27-43(10,11)49-50(12,13)14)38-25-26-39-35(22-20-28-44(38,39)31-46-34(3)45)23-24-36-29-37(47-51(15,16)41(4,5)6)30-40(33(36)2)48-52(17,18)42(7,8)9/h23-24,32,37-40H,2,19-22,25-31H2,1,3-18H3/b35-23?,36-24-/t32-,37-,38-,39?,40-,44+/m1/s1. The van der Waals surface area contributed by atoms with Gasteiger partial charge in [-0.15, -0.1) is 0 Å². The first kappa shape index (κ1) is 45.6. The molecule has 1 unspecified atom stereocenters. The molecule has 0 aromatic heterocycles. The summed E-state index contributed by atoms with van der Waals surface area (Å²) in [5.74, 6) is 1.39. The second kappa shape index (κ2) is 16.8. The number of hydrogen-bond acceptors (Lipinski definition) is 5. The van der Waals surface area contributed by atoms with E-state index in [1.165, 1.54) is 30.4 Å². The number of carbonyl (C=O) groups excluding carboxylic acids is 1. The minimum atomic E-state index is -2.03. The zero-order chi connectivity index (χ0) is 39.7. The normalized spacial score (nSPS) is 29.1. The van der Waals surface area contributed by atoms with Crippen molar-refractivity contribution in [1.29, 1.82) is 0 Å². The van der Waals surface area contributed by atoms with Crippen molar-refractivity contribution in [3.05, 3.63) is 35.5 Å². The molecular weight excluding hydrogens is 693 g/mol. The van der Waals surface area contributed by atoms with Gasteiger partial charge in [-0.1, -0.05) is 85.6 Å². The largest absolute Gasteiger partial charge is 0.465 e. The molecule has 3 rings (SSSR count). The van der Waals surface area contributed by atoms with Gasteiger partial charge >= 0.3 is 5.97 Å². The van der Waals surface area contributed by atoms with Gasteiger partial charge in [-0.05, 0) is 144 Å². The summed E-state index contributed by atoms with van der Waals surface area (Å²) in [5.41, 5.74) is 3.88. The molecule has 0 spiro atoms. The Labute approximate surface area is 324 Å². The highest BCUT2D eigenvalue weighted by atomic mass is 28.4. The number of carbonyl (C=O) groups is 1. The van der Waals surface area contributed by atoms with Crippen molar-refractivity contribution in [3.63, 3.8) is 0 Å². The maximum absolute atomic E-state index is 12.3. The van der Waals surface area contributed by atoms with Crippen LogP contribution in [0.25, 0.3) is 0 Å². The van der Waals surface area contributed by atoms with Crippen LogP contribution in [0.2, 0.25) is 55.9 Å². The van der Waals surface area contributed by atoms with E-state index in [0.717, 1.165) is 50.5 Å². The third kappa shape index (κ3) is 11.6. The molecule has 52 heavy (non-hydrogen) atoms. The number of hydrogen-bond donors (Lipinski definition) is 0. The monoisotopic (exact) mass is 775 g/mol. The number of allylic oxidation sites excluding steroid dienone is 3. The summed E-state index contributed by atoms with van der Waals surface area (Å²) in [7, 11) is -5.62. The lowest BCUT2D eigenvalue weighted by atomic mass is 9.60. The van der Waals surface area contributed by atoms with Gasteiger partial charge in [0.25, 0.3) is 0 Å². The number of ether oxygens (including phenoxy) is 1. The lowest BCUT2D eigenvalue weighted by Gasteiger charge is -2.46. The Balaban J connectivity index is 1.93. The van der Waals surface area contributed by atoms with Crippen molar-refractivity contribution >= 4 is 30.9 Å². The van der Waals surface area contributed by atoms with Crippen LogP contribution in [0.1, 0.15) is 133 Å². The molecule has 300 valence electrons. The van der Waals surface area contributed by atoms with Gasteiger partial charge in [0, 0.05) is 18.8 Å². The van der Waals surface area contributed by atoms with Gasteiger partial charge in [0.1, 0.15) is 0 Å². The van der Waals surface area contributed by atoms with Crippen molar-refractivity contribution < 1.29 is 22.8 Å². The quantitative estimate of drug-likeness (QED) is 0.130. The number of fused-ring (bicyclic) bond motifs is 1. The third-order valence-electron chi connectivity index (χ3n) is 13.7. The predicted molar refractivity (Wildman–Crippen MR) is 229 cm³/mol. The second-order valence-corrected chi connectivity index (χ2v) is 35.7. The molecule has 3 saturated carbocycles. The predicted octanol–water partition coefficient (Wildman–Crippen LogP) is 13.2. The van der Waals surface area contributed by atoms with Crippen molar-refractivity contribution in [3.8, 4) is 0 Å². The van der Waals surface area contributed by atoms with Gasteiger partial charge in [0.05, 0.1) is 24.4 Å².